The summed E-state index contributed by atoms with van der Waals surface area (Å²) >= 11 is 5.97. The van der Waals surface area contributed by atoms with Gasteiger partial charge in [-0.3, -0.25) is 19.9 Å². The van der Waals surface area contributed by atoms with Gasteiger partial charge in [0.25, 0.3) is 0 Å². The van der Waals surface area contributed by atoms with Gasteiger partial charge >= 0.3 is 5.00 Å². The Morgan fingerprint density at radius 2 is 2.41 bits per heavy atom. The van der Waals surface area contributed by atoms with Crippen molar-refractivity contribution in [3.63, 3.8) is 0 Å². The van der Waals surface area contributed by atoms with Crippen molar-refractivity contribution >= 4 is 23.7 Å². The highest BCUT2D eigenvalue weighted by atomic mass is 35.5. The van der Waals surface area contributed by atoms with Gasteiger partial charge in [0.1, 0.15) is 0 Å². The summed E-state index contributed by atoms with van der Waals surface area (Å²) < 4.78 is 0. The van der Waals surface area contributed by atoms with Gasteiger partial charge in [0.05, 0.1) is 4.92 Å². The van der Waals surface area contributed by atoms with Crippen LogP contribution in [0.2, 0.25) is 0 Å². The van der Waals surface area contributed by atoms with E-state index < -0.39 is 16.1 Å². The number of rotatable bonds is 4. The number of nitrogens with one attached hydrogen (secondary N) is 1. The average Bonchev–Trinajstić information content (AvgIpc) is 2.25. The van der Waals surface area contributed by atoms with Crippen LogP contribution in [0.5, 0.6) is 0 Å². The van der Waals surface area contributed by atoms with Crippen molar-refractivity contribution in [1.82, 2.24) is 5.32 Å². The molecule has 1 aliphatic rings. The van der Waals surface area contributed by atoms with Gasteiger partial charge in [-0.2, -0.15) is 0 Å². The standard InChI is InChI=1S/C10H14ClN3O3/c1-3-4-8(15)13-9-10(11,14(16)17)7(2)5-6-12-9/h5-6,9H,3-4H2,1-2H3,(H,13,15). The predicted molar refractivity (Wildman–Crippen MR) is 64.7 cm³/mol. The van der Waals surface area contributed by atoms with Gasteiger partial charge in [-0.25, -0.2) is 0 Å². The number of carbonyl (C=O) groups is 1. The molecule has 0 saturated heterocycles. The number of halogens is 1. The summed E-state index contributed by atoms with van der Waals surface area (Å²) in [6, 6.07) is 0. The summed E-state index contributed by atoms with van der Waals surface area (Å²) in [5.74, 6) is -0.295. The lowest BCUT2D eigenvalue weighted by Gasteiger charge is -2.28. The summed E-state index contributed by atoms with van der Waals surface area (Å²) in [5, 5.41) is 13.5. The number of allylic oxidation sites excluding steroid dienone is 1. The zero-order valence-electron chi connectivity index (χ0n) is 9.64. The third kappa shape index (κ3) is 2.63. The molecule has 7 heteroatoms. The maximum absolute atomic E-state index is 11.4. The molecular weight excluding hydrogens is 246 g/mol. The highest BCUT2D eigenvalue weighted by Crippen LogP contribution is 2.32. The number of alkyl halides is 1. The maximum atomic E-state index is 11.4. The number of hydrogen-bond acceptors (Lipinski definition) is 4. The fourth-order valence-corrected chi connectivity index (χ4v) is 1.67. The number of nitro groups is 1. The Kier molecular flexibility index (Phi) is 4.22. The highest BCUT2D eigenvalue weighted by molar-refractivity contribution is 6.25. The summed E-state index contributed by atoms with van der Waals surface area (Å²) in [4.78, 5) is 23.8. The van der Waals surface area contributed by atoms with E-state index in [4.69, 9.17) is 11.6 Å². The molecule has 17 heavy (non-hydrogen) atoms. The second-order valence-corrected chi connectivity index (χ2v) is 4.37. The van der Waals surface area contributed by atoms with Crippen molar-refractivity contribution in [2.24, 2.45) is 4.99 Å². The van der Waals surface area contributed by atoms with Crippen molar-refractivity contribution in [2.75, 3.05) is 0 Å². The van der Waals surface area contributed by atoms with Crippen LogP contribution in [0, 0.1) is 10.1 Å². The SMILES string of the molecule is CCCC(=O)NC1N=CC=C(C)C1(Cl)[N+](=O)[O-]. The molecule has 0 aromatic carbocycles. The monoisotopic (exact) mass is 259 g/mol. The van der Waals surface area contributed by atoms with E-state index in [1.54, 1.807) is 6.92 Å². The second-order valence-electron chi connectivity index (χ2n) is 3.80. The zero-order valence-corrected chi connectivity index (χ0v) is 10.4. The Balaban J connectivity index is 2.91. The van der Waals surface area contributed by atoms with Crippen LogP contribution in [0.3, 0.4) is 0 Å². The smallest absolute Gasteiger partial charge is 0.327 e. The Bertz CT molecular complexity index is 394. The Labute approximate surface area is 104 Å². The molecule has 1 rings (SSSR count). The predicted octanol–water partition coefficient (Wildman–Crippen LogP) is 1.47. The van der Waals surface area contributed by atoms with Crippen molar-refractivity contribution in [3.05, 3.63) is 21.8 Å². The van der Waals surface area contributed by atoms with Crippen molar-refractivity contribution in [3.8, 4) is 0 Å². The minimum absolute atomic E-state index is 0.291. The average molecular weight is 260 g/mol. The first-order chi connectivity index (χ1) is 7.92. The first kappa shape index (κ1) is 13.6. The van der Waals surface area contributed by atoms with Crippen LogP contribution in [0.1, 0.15) is 26.7 Å². The molecule has 1 heterocycles. The van der Waals surface area contributed by atoms with Gasteiger partial charge in [-0.05, 0) is 31.0 Å². The van der Waals surface area contributed by atoms with Gasteiger partial charge in [0.2, 0.25) is 12.1 Å². The topological polar surface area (TPSA) is 84.6 Å². The minimum atomic E-state index is -1.89. The molecular formula is C10H14ClN3O3. The summed E-state index contributed by atoms with van der Waals surface area (Å²) in [5.41, 5.74) is 0.348. The molecule has 0 aromatic heterocycles. The molecule has 2 atom stereocenters. The van der Waals surface area contributed by atoms with Crippen LogP contribution < -0.4 is 5.32 Å². The normalized spacial score (nSPS) is 27.5. The third-order valence-corrected chi connectivity index (χ3v) is 3.16. The first-order valence-corrected chi connectivity index (χ1v) is 5.64. The molecule has 1 amide bonds. The Hall–Kier alpha value is -1.43. The van der Waals surface area contributed by atoms with Crippen molar-refractivity contribution in [2.45, 2.75) is 37.9 Å². The minimum Gasteiger partial charge on any atom is -0.327 e. The van der Waals surface area contributed by atoms with Gasteiger partial charge in [-0.15, -0.1) is 0 Å². The van der Waals surface area contributed by atoms with E-state index >= 15 is 0 Å². The van der Waals surface area contributed by atoms with Crippen molar-refractivity contribution < 1.29 is 9.72 Å². The lowest BCUT2D eigenvalue weighted by atomic mass is 10.0. The van der Waals surface area contributed by atoms with Gasteiger partial charge < -0.3 is 5.32 Å². The quantitative estimate of drug-likeness (QED) is 0.359. The van der Waals surface area contributed by atoms with Gasteiger partial charge in [0, 0.05) is 18.2 Å². The molecule has 0 radical (unpaired) electrons. The van der Waals surface area contributed by atoms with Crippen LogP contribution >= 0.6 is 11.6 Å². The van der Waals surface area contributed by atoms with E-state index in [1.165, 1.54) is 12.3 Å². The van der Waals surface area contributed by atoms with Crippen LogP contribution in [-0.2, 0) is 4.79 Å². The van der Waals surface area contributed by atoms with Crippen LogP contribution in [0.25, 0.3) is 0 Å². The van der Waals surface area contributed by atoms with E-state index in [2.05, 4.69) is 10.3 Å². The lowest BCUT2D eigenvalue weighted by molar-refractivity contribution is -0.535. The third-order valence-electron chi connectivity index (χ3n) is 2.52. The van der Waals surface area contributed by atoms with E-state index in [0.717, 1.165) is 0 Å². The number of amides is 1. The molecule has 0 bridgehead atoms. The Morgan fingerprint density at radius 1 is 1.76 bits per heavy atom. The maximum Gasteiger partial charge on any atom is 0.356 e. The number of carbonyl (C=O) groups excluding carboxylic acids is 1. The molecule has 94 valence electrons. The number of nitrogens with zero attached hydrogens (tertiary/aromatic N) is 2. The summed E-state index contributed by atoms with van der Waals surface area (Å²) in [6.45, 7) is 3.39. The molecule has 1 aliphatic heterocycles. The molecule has 6 nitrogen and oxygen atoms in total. The molecule has 2 unspecified atom stereocenters. The lowest BCUT2D eigenvalue weighted by Crippen LogP contribution is -2.54. The number of aliphatic imine (C=N–C) groups is 1. The van der Waals surface area contributed by atoms with Gasteiger partial charge in [0.15, 0.2) is 0 Å². The highest BCUT2D eigenvalue weighted by Gasteiger charge is 2.52. The summed E-state index contributed by atoms with van der Waals surface area (Å²) in [6.07, 6.45) is 2.77. The molecule has 0 fully saturated rings. The van der Waals surface area contributed by atoms with E-state index in [-0.39, 0.29) is 5.91 Å². The van der Waals surface area contributed by atoms with Crippen LogP contribution in [-0.4, -0.2) is 28.2 Å². The van der Waals surface area contributed by atoms with Crippen LogP contribution in [0.4, 0.5) is 0 Å². The Morgan fingerprint density at radius 3 is 2.94 bits per heavy atom. The molecule has 0 aromatic rings. The second kappa shape index (κ2) is 5.27. The molecule has 0 spiro atoms. The largest absolute Gasteiger partial charge is 0.356 e. The molecule has 0 saturated carbocycles. The molecule has 0 aliphatic carbocycles. The van der Waals surface area contributed by atoms with Crippen LogP contribution in [0.15, 0.2) is 16.6 Å². The fourth-order valence-electron chi connectivity index (χ4n) is 1.50. The number of hydrogen-bond donors (Lipinski definition) is 1. The zero-order chi connectivity index (χ0) is 13.1. The van der Waals surface area contributed by atoms with Gasteiger partial charge in [-0.1, -0.05) is 6.92 Å². The van der Waals surface area contributed by atoms with Crippen molar-refractivity contribution in [1.29, 1.82) is 0 Å². The summed E-state index contributed by atoms with van der Waals surface area (Å²) in [7, 11) is 0. The fraction of sp³-hybridized carbons (Fsp3) is 0.600. The first-order valence-electron chi connectivity index (χ1n) is 5.26. The number of dihydropyridines is 1. The van der Waals surface area contributed by atoms with E-state index in [0.29, 0.717) is 18.4 Å². The molecule has 1 N–H and O–H groups in total. The van der Waals surface area contributed by atoms with E-state index in [1.807, 2.05) is 6.92 Å². The van der Waals surface area contributed by atoms with E-state index in [9.17, 15) is 14.9 Å².